The molecular weight excluding hydrogens is 282 g/mol. The van der Waals surface area contributed by atoms with Crippen molar-refractivity contribution in [3.63, 3.8) is 0 Å². The Morgan fingerprint density at radius 2 is 1.94 bits per heavy atom. The van der Waals surface area contributed by atoms with Gasteiger partial charge in [-0.1, -0.05) is 23.2 Å². The van der Waals surface area contributed by atoms with Crippen molar-refractivity contribution in [2.45, 2.75) is 25.7 Å². The molecule has 0 fully saturated rings. The van der Waals surface area contributed by atoms with E-state index in [1.807, 2.05) is 19.6 Å². The minimum absolute atomic E-state index is 0.159. The molecule has 2 nitrogen and oxygen atoms in total. The molecule has 6 heteroatoms. The van der Waals surface area contributed by atoms with E-state index in [0.29, 0.717) is 6.29 Å². The molecule has 0 saturated heterocycles. The monoisotopic (exact) mass is 294 g/mol. The second-order valence-electron chi connectivity index (χ2n) is 4.54. The van der Waals surface area contributed by atoms with Gasteiger partial charge >= 0.3 is 0 Å². The van der Waals surface area contributed by atoms with Gasteiger partial charge in [0.15, 0.2) is 14.6 Å². The largest absolute Gasteiger partial charge is 0.404 e. The molecule has 1 atom stereocenters. The number of rotatable bonds is 4. The molecule has 0 bridgehead atoms. The van der Waals surface area contributed by atoms with E-state index in [-0.39, 0.29) is 15.6 Å². The van der Waals surface area contributed by atoms with Crippen LogP contribution in [0.1, 0.15) is 11.7 Å². The number of carbonyl (C=O) groups excluding carboxylic acids is 1. The molecule has 0 N–H and O–H groups in total. The molecule has 1 aromatic carbocycles. The van der Waals surface area contributed by atoms with Gasteiger partial charge in [0.1, 0.15) is 11.9 Å². The van der Waals surface area contributed by atoms with Crippen LogP contribution in [0.5, 0.6) is 0 Å². The number of carbonyl (C=O) groups is 1. The fourth-order valence-electron chi connectivity index (χ4n) is 1.34. The molecule has 1 aromatic rings. The summed E-state index contributed by atoms with van der Waals surface area (Å²) in [6.07, 6.45) is -0.331. The second-order valence-corrected chi connectivity index (χ2v) is 9.79. The Labute approximate surface area is 111 Å². The van der Waals surface area contributed by atoms with Gasteiger partial charge in [0.05, 0.1) is 5.02 Å². The minimum atomic E-state index is -1.96. The SMILES string of the molecule is C[Si](C)(C)O[C@H](C=O)c1c(Cl)ccc(F)c1Cl. The average Bonchev–Trinajstić information content (AvgIpc) is 2.21. The van der Waals surface area contributed by atoms with Crippen molar-refractivity contribution in [2.24, 2.45) is 0 Å². The highest BCUT2D eigenvalue weighted by molar-refractivity contribution is 6.69. The predicted molar refractivity (Wildman–Crippen MR) is 69.7 cm³/mol. The second kappa shape index (κ2) is 5.48. The highest BCUT2D eigenvalue weighted by Crippen LogP contribution is 2.34. The molecule has 0 spiro atoms. The normalized spacial score (nSPS) is 13.5. The van der Waals surface area contributed by atoms with Crippen LogP contribution in [0, 0.1) is 5.82 Å². The molecule has 94 valence electrons. The fourth-order valence-corrected chi connectivity index (χ4v) is 2.86. The predicted octanol–water partition coefficient (Wildman–Crippen LogP) is 4.22. The van der Waals surface area contributed by atoms with Gasteiger partial charge in [-0.25, -0.2) is 4.39 Å². The summed E-state index contributed by atoms with van der Waals surface area (Å²) in [7, 11) is -1.96. The summed E-state index contributed by atoms with van der Waals surface area (Å²) in [5, 5.41) is 0.0691. The third kappa shape index (κ3) is 3.78. The first-order chi connectivity index (χ1) is 7.76. The number of benzene rings is 1. The molecule has 0 unspecified atom stereocenters. The lowest BCUT2D eigenvalue weighted by molar-refractivity contribution is -0.114. The van der Waals surface area contributed by atoms with Crippen LogP contribution >= 0.6 is 23.2 Å². The van der Waals surface area contributed by atoms with Gasteiger partial charge in [-0.15, -0.1) is 0 Å². The molecule has 0 amide bonds. The lowest BCUT2D eigenvalue weighted by Gasteiger charge is -2.24. The van der Waals surface area contributed by atoms with Crippen LogP contribution in [0.2, 0.25) is 29.7 Å². The van der Waals surface area contributed by atoms with Crippen LogP contribution in [0.3, 0.4) is 0 Å². The van der Waals surface area contributed by atoms with Crippen LogP contribution in [-0.4, -0.2) is 14.6 Å². The van der Waals surface area contributed by atoms with E-state index in [9.17, 15) is 9.18 Å². The van der Waals surface area contributed by atoms with Crippen molar-refractivity contribution in [3.8, 4) is 0 Å². The molecule has 0 aliphatic heterocycles. The van der Waals surface area contributed by atoms with Crippen LogP contribution in [-0.2, 0) is 9.22 Å². The number of hydrogen-bond acceptors (Lipinski definition) is 2. The van der Waals surface area contributed by atoms with E-state index in [1.54, 1.807) is 0 Å². The first-order valence-corrected chi connectivity index (χ1v) is 9.19. The van der Waals surface area contributed by atoms with Gasteiger partial charge in [-0.3, -0.25) is 0 Å². The minimum Gasteiger partial charge on any atom is -0.404 e. The van der Waals surface area contributed by atoms with Crippen LogP contribution in [0.15, 0.2) is 12.1 Å². The van der Waals surface area contributed by atoms with E-state index in [0.717, 1.165) is 6.07 Å². The first kappa shape index (κ1) is 14.6. The molecule has 1 rings (SSSR count). The summed E-state index contributed by atoms with van der Waals surface area (Å²) in [4.78, 5) is 11.1. The lowest BCUT2D eigenvalue weighted by atomic mass is 10.1. The van der Waals surface area contributed by atoms with Crippen molar-refractivity contribution in [3.05, 3.63) is 33.6 Å². The van der Waals surface area contributed by atoms with E-state index in [4.69, 9.17) is 27.6 Å². The van der Waals surface area contributed by atoms with Gasteiger partial charge in [0, 0.05) is 10.6 Å². The van der Waals surface area contributed by atoms with Crippen molar-refractivity contribution >= 4 is 37.8 Å². The molecule has 0 aromatic heterocycles. The maximum Gasteiger partial charge on any atom is 0.185 e. The van der Waals surface area contributed by atoms with E-state index in [1.165, 1.54) is 6.07 Å². The van der Waals surface area contributed by atoms with Crippen molar-refractivity contribution in [1.29, 1.82) is 0 Å². The average molecular weight is 295 g/mol. The zero-order valence-corrected chi connectivity index (χ0v) is 12.3. The molecule has 17 heavy (non-hydrogen) atoms. The summed E-state index contributed by atoms with van der Waals surface area (Å²) in [5.74, 6) is -0.614. The maximum atomic E-state index is 13.3. The Balaban J connectivity index is 3.21. The van der Waals surface area contributed by atoms with Crippen molar-refractivity contribution in [1.82, 2.24) is 0 Å². The number of aldehydes is 1. The fraction of sp³-hybridized carbons (Fsp3) is 0.364. The zero-order chi connectivity index (χ0) is 13.2. The molecular formula is C11H13Cl2FO2Si. The number of hydrogen-bond donors (Lipinski definition) is 0. The molecule has 0 aliphatic rings. The van der Waals surface area contributed by atoms with Gasteiger partial charge in [0.2, 0.25) is 0 Å². The Hall–Kier alpha value is -0.423. The van der Waals surface area contributed by atoms with Crippen molar-refractivity contribution < 1.29 is 13.6 Å². The molecule has 0 radical (unpaired) electrons. The third-order valence-corrected chi connectivity index (χ3v) is 3.64. The first-order valence-electron chi connectivity index (χ1n) is 5.03. The smallest absolute Gasteiger partial charge is 0.185 e. The molecule has 0 aliphatic carbocycles. The van der Waals surface area contributed by atoms with E-state index < -0.39 is 20.2 Å². The quantitative estimate of drug-likeness (QED) is 0.472. The number of halogens is 3. The third-order valence-electron chi connectivity index (χ3n) is 1.97. The highest BCUT2D eigenvalue weighted by Gasteiger charge is 2.26. The van der Waals surface area contributed by atoms with Crippen molar-refractivity contribution in [2.75, 3.05) is 0 Å². The summed E-state index contributed by atoms with van der Waals surface area (Å²) in [6.45, 7) is 5.76. The summed E-state index contributed by atoms with van der Waals surface area (Å²) < 4.78 is 19.0. The Morgan fingerprint density at radius 1 is 1.35 bits per heavy atom. The van der Waals surface area contributed by atoms with E-state index in [2.05, 4.69) is 0 Å². The maximum absolute atomic E-state index is 13.3. The van der Waals surface area contributed by atoms with Gasteiger partial charge < -0.3 is 9.22 Å². The zero-order valence-electron chi connectivity index (χ0n) is 9.76. The Bertz CT molecular complexity index is 432. The standard InChI is InChI=1S/C11H13Cl2FO2Si/c1-17(2,3)16-9(6-15)10-7(12)4-5-8(14)11(10)13/h4-6,9H,1-3H3/t9-/m1/s1. The Morgan fingerprint density at radius 3 is 2.41 bits per heavy atom. The summed E-state index contributed by atoms with van der Waals surface area (Å²) in [6, 6.07) is 2.52. The lowest BCUT2D eigenvalue weighted by Crippen LogP contribution is -2.29. The van der Waals surface area contributed by atoms with Crippen LogP contribution in [0.25, 0.3) is 0 Å². The molecule has 0 saturated carbocycles. The topological polar surface area (TPSA) is 26.3 Å². The van der Waals surface area contributed by atoms with Crippen LogP contribution < -0.4 is 0 Å². The summed E-state index contributed by atoms with van der Waals surface area (Å²) >= 11 is 11.7. The summed E-state index contributed by atoms with van der Waals surface area (Å²) in [5.41, 5.74) is 0.200. The highest BCUT2D eigenvalue weighted by atomic mass is 35.5. The van der Waals surface area contributed by atoms with Gasteiger partial charge in [0.25, 0.3) is 0 Å². The van der Waals surface area contributed by atoms with Gasteiger partial charge in [-0.2, -0.15) is 0 Å². The van der Waals surface area contributed by atoms with Crippen LogP contribution in [0.4, 0.5) is 4.39 Å². The van der Waals surface area contributed by atoms with Gasteiger partial charge in [-0.05, 0) is 31.8 Å². The Kier molecular flexibility index (Phi) is 4.72. The molecule has 0 heterocycles. The van der Waals surface area contributed by atoms with E-state index >= 15 is 0 Å².